The zero-order valence-electron chi connectivity index (χ0n) is 9.56. The summed E-state index contributed by atoms with van der Waals surface area (Å²) >= 11 is 3.95. The summed E-state index contributed by atoms with van der Waals surface area (Å²) in [5, 5.41) is 10.0. The topological polar surface area (TPSA) is 29.5 Å². The maximum absolute atomic E-state index is 10.0. The van der Waals surface area contributed by atoms with Gasteiger partial charge < -0.3 is 9.84 Å². The van der Waals surface area contributed by atoms with Gasteiger partial charge in [0, 0.05) is 18.1 Å². The Hall–Kier alpha value is 0.620. The van der Waals surface area contributed by atoms with Crippen molar-refractivity contribution in [3.63, 3.8) is 0 Å². The molecule has 0 bridgehead atoms. The molecule has 0 aromatic rings. The van der Waals surface area contributed by atoms with Gasteiger partial charge in [0.25, 0.3) is 0 Å². The van der Waals surface area contributed by atoms with E-state index in [1.54, 1.807) is 0 Å². The molecule has 16 heavy (non-hydrogen) atoms. The number of thioether (sulfide) groups is 2. The van der Waals surface area contributed by atoms with E-state index in [9.17, 15) is 5.11 Å². The van der Waals surface area contributed by atoms with Gasteiger partial charge in [-0.1, -0.05) is 0 Å². The first-order chi connectivity index (χ1) is 7.79. The molecule has 0 radical (unpaired) electrons. The first kappa shape index (κ1) is 11.7. The Bertz CT molecular complexity index is 253. The van der Waals surface area contributed by atoms with Crippen molar-refractivity contribution >= 4 is 23.5 Å². The summed E-state index contributed by atoms with van der Waals surface area (Å²) in [7, 11) is 0. The minimum atomic E-state index is -0.0563. The van der Waals surface area contributed by atoms with Gasteiger partial charge in [-0.2, -0.15) is 23.5 Å². The first-order valence-corrected chi connectivity index (χ1v) is 8.58. The van der Waals surface area contributed by atoms with Crippen molar-refractivity contribution in [1.29, 1.82) is 0 Å². The number of aliphatic hydroxyl groups excluding tert-OH is 1. The monoisotopic (exact) mass is 260 g/mol. The predicted octanol–water partition coefficient (Wildman–Crippen LogP) is 2.01. The van der Waals surface area contributed by atoms with Gasteiger partial charge in [0.1, 0.15) is 0 Å². The number of hydrogen-bond acceptors (Lipinski definition) is 4. The molecular weight excluding hydrogens is 240 g/mol. The summed E-state index contributed by atoms with van der Waals surface area (Å²) in [5.74, 6) is 5.79. The van der Waals surface area contributed by atoms with Gasteiger partial charge in [-0.05, 0) is 42.6 Å². The summed E-state index contributed by atoms with van der Waals surface area (Å²) in [5.41, 5.74) is 0.181. The van der Waals surface area contributed by atoms with E-state index in [0.717, 1.165) is 24.5 Å². The highest BCUT2D eigenvalue weighted by Gasteiger charge is 2.44. The molecule has 3 saturated heterocycles. The van der Waals surface area contributed by atoms with Crippen molar-refractivity contribution in [2.45, 2.75) is 31.0 Å². The summed E-state index contributed by atoms with van der Waals surface area (Å²) in [4.78, 5) is 0. The van der Waals surface area contributed by atoms with Crippen LogP contribution in [-0.2, 0) is 4.74 Å². The number of hydrogen-bond donors (Lipinski definition) is 1. The highest BCUT2D eigenvalue weighted by atomic mass is 32.2. The molecule has 3 aliphatic heterocycles. The smallest absolute Gasteiger partial charge is 0.0783 e. The van der Waals surface area contributed by atoms with E-state index in [1.807, 2.05) is 23.5 Å². The molecule has 3 rings (SSSR count). The lowest BCUT2D eigenvalue weighted by Gasteiger charge is -2.40. The van der Waals surface area contributed by atoms with Crippen molar-refractivity contribution in [2.75, 3.05) is 29.6 Å². The molecule has 4 unspecified atom stereocenters. The summed E-state index contributed by atoms with van der Waals surface area (Å²) in [6.07, 6.45) is 3.53. The zero-order valence-corrected chi connectivity index (χ0v) is 11.2. The Balaban J connectivity index is 1.67. The van der Waals surface area contributed by atoms with Crippen molar-refractivity contribution < 1.29 is 9.84 Å². The lowest BCUT2D eigenvalue weighted by molar-refractivity contribution is -0.0944. The average molecular weight is 260 g/mol. The molecule has 0 aliphatic carbocycles. The van der Waals surface area contributed by atoms with Crippen LogP contribution < -0.4 is 0 Å². The van der Waals surface area contributed by atoms with Gasteiger partial charge in [-0.15, -0.1) is 0 Å². The fourth-order valence-electron chi connectivity index (χ4n) is 3.30. The van der Waals surface area contributed by atoms with Crippen LogP contribution in [0.4, 0.5) is 0 Å². The van der Waals surface area contributed by atoms with E-state index >= 15 is 0 Å². The fourth-order valence-corrected chi connectivity index (χ4v) is 6.07. The molecule has 0 saturated carbocycles. The van der Waals surface area contributed by atoms with Crippen LogP contribution in [0.1, 0.15) is 19.3 Å². The van der Waals surface area contributed by atoms with E-state index < -0.39 is 0 Å². The van der Waals surface area contributed by atoms with Crippen molar-refractivity contribution in [3.05, 3.63) is 0 Å². The van der Waals surface area contributed by atoms with E-state index in [1.165, 1.54) is 24.3 Å². The molecular formula is C12H20O2S2. The average Bonchev–Trinajstić information content (AvgIpc) is 2.88. The maximum Gasteiger partial charge on any atom is 0.0783 e. The largest absolute Gasteiger partial charge is 0.392 e. The summed E-state index contributed by atoms with van der Waals surface area (Å²) < 4.78 is 6.04. The molecule has 1 spiro atoms. The van der Waals surface area contributed by atoms with Gasteiger partial charge in [-0.3, -0.25) is 0 Å². The van der Waals surface area contributed by atoms with Gasteiger partial charge in [0.15, 0.2) is 0 Å². The molecule has 0 amide bonds. The fraction of sp³-hybridized carbons (Fsp3) is 1.00. The molecule has 4 atom stereocenters. The molecule has 4 heteroatoms. The Morgan fingerprint density at radius 2 is 2.19 bits per heavy atom. The van der Waals surface area contributed by atoms with Gasteiger partial charge in [0.05, 0.1) is 11.7 Å². The molecule has 0 aromatic heterocycles. The standard InChI is InChI=1S/C12H20O2S2/c13-11-7-16-6-10(11)9-1-3-14-12(5-9)2-4-15-8-12/h9-11,13H,1-8H2. The lowest BCUT2D eigenvalue weighted by atomic mass is 9.77. The Labute approximate surface area is 106 Å². The summed E-state index contributed by atoms with van der Waals surface area (Å²) in [6.45, 7) is 0.916. The lowest BCUT2D eigenvalue weighted by Crippen LogP contribution is -2.43. The maximum atomic E-state index is 10.0. The van der Waals surface area contributed by atoms with E-state index in [0.29, 0.717) is 11.8 Å². The van der Waals surface area contributed by atoms with Crippen LogP contribution in [0.15, 0.2) is 0 Å². The molecule has 0 aromatic carbocycles. The Morgan fingerprint density at radius 1 is 1.25 bits per heavy atom. The van der Waals surface area contributed by atoms with E-state index in [4.69, 9.17) is 4.74 Å². The highest BCUT2D eigenvalue weighted by Crippen LogP contribution is 2.45. The molecule has 3 fully saturated rings. The SMILES string of the molecule is OC1CSCC1C1CCOC2(CCSC2)C1. The second-order valence-electron chi connectivity index (χ2n) is 5.36. The van der Waals surface area contributed by atoms with Crippen molar-refractivity contribution in [1.82, 2.24) is 0 Å². The highest BCUT2D eigenvalue weighted by molar-refractivity contribution is 7.99. The van der Waals surface area contributed by atoms with Gasteiger partial charge >= 0.3 is 0 Å². The normalized spacial score (nSPS) is 48.9. The third-order valence-electron chi connectivity index (χ3n) is 4.30. The number of aliphatic hydroxyl groups is 1. The molecule has 3 heterocycles. The summed E-state index contributed by atoms with van der Waals surface area (Å²) in [6, 6.07) is 0. The minimum Gasteiger partial charge on any atom is -0.392 e. The van der Waals surface area contributed by atoms with Crippen LogP contribution in [-0.4, -0.2) is 46.4 Å². The number of ether oxygens (including phenoxy) is 1. The van der Waals surface area contributed by atoms with Gasteiger partial charge in [-0.25, -0.2) is 0 Å². The molecule has 3 aliphatic rings. The second-order valence-corrected chi connectivity index (χ2v) is 7.54. The van der Waals surface area contributed by atoms with Crippen molar-refractivity contribution in [2.24, 2.45) is 11.8 Å². The van der Waals surface area contributed by atoms with Crippen LogP contribution >= 0.6 is 23.5 Å². The van der Waals surface area contributed by atoms with Crippen molar-refractivity contribution in [3.8, 4) is 0 Å². The Morgan fingerprint density at radius 3 is 2.88 bits per heavy atom. The van der Waals surface area contributed by atoms with Gasteiger partial charge in [0.2, 0.25) is 0 Å². The predicted molar refractivity (Wildman–Crippen MR) is 70.2 cm³/mol. The zero-order chi connectivity index (χ0) is 11.0. The quantitative estimate of drug-likeness (QED) is 0.781. The van der Waals surface area contributed by atoms with Crippen LogP contribution in [0, 0.1) is 11.8 Å². The molecule has 1 N–H and O–H groups in total. The minimum absolute atomic E-state index is 0.0563. The third-order valence-corrected chi connectivity index (χ3v) is 6.72. The van der Waals surface area contributed by atoms with Crippen LogP contribution in [0.25, 0.3) is 0 Å². The number of rotatable bonds is 1. The van der Waals surface area contributed by atoms with Crippen LogP contribution in [0.5, 0.6) is 0 Å². The van der Waals surface area contributed by atoms with E-state index in [2.05, 4.69) is 0 Å². The third kappa shape index (κ3) is 2.14. The molecule has 92 valence electrons. The van der Waals surface area contributed by atoms with Crippen LogP contribution in [0.3, 0.4) is 0 Å². The first-order valence-electron chi connectivity index (χ1n) is 6.27. The van der Waals surface area contributed by atoms with E-state index in [-0.39, 0.29) is 11.7 Å². The second kappa shape index (κ2) is 4.71. The molecule has 2 nitrogen and oxygen atoms in total. The Kier molecular flexibility index (Phi) is 3.44. The van der Waals surface area contributed by atoms with Crippen LogP contribution in [0.2, 0.25) is 0 Å².